The van der Waals surface area contributed by atoms with Gasteiger partial charge in [-0.25, -0.2) is 14.6 Å². The van der Waals surface area contributed by atoms with Crippen molar-refractivity contribution in [2.45, 2.75) is 12.7 Å². The van der Waals surface area contributed by atoms with Crippen molar-refractivity contribution in [3.05, 3.63) is 82.3 Å². The number of benzene rings is 2. The lowest BCUT2D eigenvalue weighted by Gasteiger charge is -2.08. The summed E-state index contributed by atoms with van der Waals surface area (Å²) in [6, 6.07) is 8.38. The molecule has 0 aliphatic heterocycles. The molecule has 0 fully saturated rings. The van der Waals surface area contributed by atoms with Gasteiger partial charge in [-0.05, 0) is 42.5 Å². The van der Waals surface area contributed by atoms with Crippen LogP contribution in [0.3, 0.4) is 0 Å². The van der Waals surface area contributed by atoms with Gasteiger partial charge >= 0.3 is 17.8 Å². The van der Waals surface area contributed by atoms with Gasteiger partial charge in [-0.3, -0.25) is 9.13 Å². The number of fused-ring (bicyclic) bond motifs is 1. The highest BCUT2D eigenvalue weighted by molar-refractivity contribution is 5.93. The number of carbonyl (C=O) groups is 1. The van der Waals surface area contributed by atoms with Crippen LogP contribution in [0.25, 0.3) is 16.7 Å². The van der Waals surface area contributed by atoms with Crippen LogP contribution >= 0.6 is 0 Å². The number of aromatic nitrogens is 4. The molecule has 0 amide bonds. The Morgan fingerprint density at radius 3 is 2.37 bits per heavy atom. The number of alkyl halides is 3. The lowest BCUT2D eigenvalue weighted by molar-refractivity contribution is -0.137. The van der Waals surface area contributed by atoms with E-state index >= 15 is 0 Å². The second-order valence-electron chi connectivity index (χ2n) is 6.79. The first-order chi connectivity index (χ1) is 14.1. The van der Waals surface area contributed by atoms with Crippen LogP contribution in [0, 0.1) is 0 Å². The van der Waals surface area contributed by atoms with E-state index in [1.165, 1.54) is 39.5 Å². The maximum Gasteiger partial charge on any atom is 0.416 e. The number of carboxylic acid groups (broad SMARTS) is 1. The van der Waals surface area contributed by atoms with Crippen LogP contribution in [0.4, 0.5) is 13.2 Å². The summed E-state index contributed by atoms with van der Waals surface area (Å²) in [7, 11) is 1.77. The highest BCUT2D eigenvalue weighted by atomic mass is 19.4. The van der Waals surface area contributed by atoms with Gasteiger partial charge in [0.25, 0.3) is 0 Å². The fraction of sp³-hybridized carbons (Fsp3) is 0.150. The third kappa shape index (κ3) is 3.36. The molecule has 4 aromatic rings. The normalized spacial score (nSPS) is 11.9. The molecule has 0 aliphatic carbocycles. The maximum atomic E-state index is 13.2. The van der Waals surface area contributed by atoms with E-state index in [-0.39, 0.29) is 17.8 Å². The second-order valence-corrected chi connectivity index (χ2v) is 6.79. The Hall–Kier alpha value is -3.82. The molecule has 0 saturated carbocycles. The largest absolute Gasteiger partial charge is 0.478 e. The zero-order valence-electron chi connectivity index (χ0n) is 15.6. The number of aromatic carboxylic acids is 1. The van der Waals surface area contributed by atoms with Gasteiger partial charge in [0.05, 0.1) is 46.4 Å². The number of rotatable bonds is 4. The molecule has 10 heteroatoms. The molecule has 2 aromatic carbocycles. The zero-order valence-corrected chi connectivity index (χ0v) is 15.6. The SMILES string of the molecule is Cn1cnc(Cn2c(=O)n(-c3ccc(C(F)(F)F)cc3)c3ccc(C(=O)O)cc32)c1. The van der Waals surface area contributed by atoms with Crippen molar-refractivity contribution < 1.29 is 23.1 Å². The Bertz CT molecular complexity index is 1310. The van der Waals surface area contributed by atoms with E-state index < -0.39 is 23.4 Å². The van der Waals surface area contributed by atoms with Crippen molar-refractivity contribution in [3.63, 3.8) is 0 Å². The fourth-order valence-corrected chi connectivity index (χ4v) is 3.30. The molecular weight excluding hydrogens is 401 g/mol. The minimum absolute atomic E-state index is 0.0122. The Morgan fingerprint density at radius 1 is 1.10 bits per heavy atom. The van der Waals surface area contributed by atoms with E-state index in [0.29, 0.717) is 16.7 Å². The molecule has 154 valence electrons. The molecule has 30 heavy (non-hydrogen) atoms. The number of carboxylic acids is 1. The maximum absolute atomic E-state index is 13.2. The van der Waals surface area contributed by atoms with Gasteiger partial charge in [0.2, 0.25) is 0 Å². The summed E-state index contributed by atoms with van der Waals surface area (Å²) in [5, 5.41) is 9.31. The lowest BCUT2D eigenvalue weighted by Crippen LogP contribution is -2.24. The minimum Gasteiger partial charge on any atom is -0.478 e. The monoisotopic (exact) mass is 416 g/mol. The van der Waals surface area contributed by atoms with Gasteiger partial charge < -0.3 is 9.67 Å². The summed E-state index contributed by atoms with van der Waals surface area (Å²) < 4.78 is 43.0. The highest BCUT2D eigenvalue weighted by Crippen LogP contribution is 2.30. The average molecular weight is 416 g/mol. The van der Waals surface area contributed by atoms with Gasteiger partial charge in [0, 0.05) is 13.2 Å². The summed E-state index contributed by atoms with van der Waals surface area (Å²) >= 11 is 0. The Kier molecular flexibility index (Phi) is 4.49. The summed E-state index contributed by atoms with van der Waals surface area (Å²) in [6.45, 7) is 0.0763. The second kappa shape index (κ2) is 6.90. The molecule has 1 N–H and O–H groups in total. The third-order valence-corrected chi connectivity index (χ3v) is 4.71. The molecule has 0 bridgehead atoms. The number of halogens is 3. The number of nitrogens with zero attached hydrogens (tertiary/aromatic N) is 4. The van der Waals surface area contributed by atoms with E-state index in [2.05, 4.69) is 4.98 Å². The topological polar surface area (TPSA) is 82.0 Å². The Labute approximate surface area is 167 Å². The summed E-state index contributed by atoms with van der Waals surface area (Å²) in [4.78, 5) is 28.8. The standard InChI is InChI=1S/C20H15F3N4O3/c1-25-9-14(24-11-25)10-26-17-8-12(18(28)29)2-7-16(17)27(19(26)30)15-5-3-13(4-6-15)20(21,22)23/h2-9,11H,10H2,1H3,(H,28,29). The Morgan fingerprint density at radius 2 is 1.80 bits per heavy atom. The predicted molar refractivity (Wildman–Crippen MR) is 102 cm³/mol. The van der Waals surface area contributed by atoms with Crippen molar-refractivity contribution >= 4 is 17.0 Å². The highest BCUT2D eigenvalue weighted by Gasteiger charge is 2.30. The molecule has 0 radical (unpaired) electrons. The van der Waals surface area contributed by atoms with Gasteiger partial charge in [-0.1, -0.05) is 0 Å². The fourth-order valence-electron chi connectivity index (χ4n) is 3.30. The predicted octanol–water partition coefficient (Wildman–Crippen LogP) is 3.29. The van der Waals surface area contributed by atoms with Crippen molar-refractivity contribution in [3.8, 4) is 5.69 Å². The number of hydrogen-bond acceptors (Lipinski definition) is 3. The van der Waals surface area contributed by atoms with Crippen molar-refractivity contribution in [2.75, 3.05) is 0 Å². The quantitative estimate of drug-likeness (QED) is 0.554. The van der Waals surface area contributed by atoms with Crippen LogP contribution in [-0.2, 0) is 19.8 Å². The van der Waals surface area contributed by atoms with E-state index in [1.807, 2.05) is 0 Å². The van der Waals surface area contributed by atoms with Crippen LogP contribution in [0.5, 0.6) is 0 Å². The number of hydrogen-bond donors (Lipinski definition) is 1. The van der Waals surface area contributed by atoms with Crippen LogP contribution in [-0.4, -0.2) is 29.8 Å². The smallest absolute Gasteiger partial charge is 0.416 e. The van der Waals surface area contributed by atoms with Gasteiger partial charge in [-0.2, -0.15) is 13.2 Å². The average Bonchev–Trinajstić information content (AvgIpc) is 3.22. The molecule has 0 unspecified atom stereocenters. The van der Waals surface area contributed by atoms with Gasteiger partial charge in [-0.15, -0.1) is 0 Å². The molecule has 0 atom stereocenters. The van der Waals surface area contributed by atoms with E-state index in [0.717, 1.165) is 12.1 Å². The minimum atomic E-state index is -4.49. The molecule has 0 aliphatic rings. The van der Waals surface area contributed by atoms with E-state index in [4.69, 9.17) is 0 Å². The molecule has 2 heterocycles. The summed E-state index contributed by atoms with van der Waals surface area (Å²) in [5.74, 6) is -1.16. The third-order valence-electron chi connectivity index (χ3n) is 4.71. The molecule has 2 aromatic heterocycles. The van der Waals surface area contributed by atoms with Crippen molar-refractivity contribution in [2.24, 2.45) is 7.05 Å². The summed E-state index contributed by atoms with van der Waals surface area (Å²) in [5.41, 5.74) is 0.170. The first-order valence-electron chi connectivity index (χ1n) is 8.78. The van der Waals surface area contributed by atoms with Gasteiger partial charge in [0.15, 0.2) is 0 Å². The van der Waals surface area contributed by atoms with Crippen LogP contribution in [0.2, 0.25) is 0 Å². The summed E-state index contributed by atoms with van der Waals surface area (Å²) in [6.07, 6.45) is -1.21. The van der Waals surface area contributed by atoms with Crippen molar-refractivity contribution in [1.82, 2.24) is 18.7 Å². The van der Waals surface area contributed by atoms with Crippen molar-refractivity contribution in [1.29, 1.82) is 0 Å². The van der Waals surface area contributed by atoms with Crippen LogP contribution < -0.4 is 5.69 Å². The first-order valence-corrected chi connectivity index (χ1v) is 8.78. The number of imidazole rings is 2. The van der Waals surface area contributed by atoms with E-state index in [9.17, 15) is 27.9 Å². The number of aryl methyl sites for hydroxylation is 1. The molecule has 0 spiro atoms. The van der Waals surface area contributed by atoms with Gasteiger partial charge in [0.1, 0.15) is 0 Å². The Balaban J connectivity index is 1.92. The molecule has 4 rings (SSSR count). The molecular formula is C20H15F3N4O3. The zero-order chi connectivity index (χ0) is 21.6. The van der Waals surface area contributed by atoms with Crippen LogP contribution in [0.15, 0.2) is 59.8 Å². The van der Waals surface area contributed by atoms with E-state index in [1.54, 1.807) is 24.1 Å². The molecule has 0 saturated heterocycles. The van der Waals surface area contributed by atoms with Crippen LogP contribution in [0.1, 0.15) is 21.6 Å². The molecule has 7 nitrogen and oxygen atoms in total. The first kappa shape index (κ1) is 19.5. The lowest BCUT2D eigenvalue weighted by atomic mass is 10.1.